The lowest BCUT2D eigenvalue weighted by Gasteiger charge is -2.15. The highest BCUT2D eigenvalue weighted by molar-refractivity contribution is 5.74. The number of hydrogen-bond donors (Lipinski definition) is 2. The van der Waals surface area contributed by atoms with Crippen LogP contribution >= 0.6 is 0 Å². The maximum atomic E-state index is 11.7. The fourth-order valence-electron chi connectivity index (χ4n) is 1.97. The zero-order valence-electron chi connectivity index (χ0n) is 10.6. The lowest BCUT2D eigenvalue weighted by molar-refractivity contribution is 0.111. The molecule has 0 unspecified atom stereocenters. The topological polar surface area (TPSA) is 63.2 Å². The molecular formula is C13H19N3O2. The Morgan fingerprint density at radius 3 is 3.17 bits per heavy atom. The van der Waals surface area contributed by atoms with Crippen LogP contribution in [0.1, 0.15) is 31.5 Å². The Balaban J connectivity index is 1.73. The Kier molecular flexibility index (Phi) is 4.52. The number of aromatic nitrogens is 1. The summed E-state index contributed by atoms with van der Waals surface area (Å²) in [7, 11) is 0. The van der Waals surface area contributed by atoms with Crippen LogP contribution in [0.2, 0.25) is 0 Å². The van der Waals surface area contributed by atoms with Gasteiger partial charge in [-0.15, -0.1) is 0 Å². The molecule has 18 heavy (non-hydrogen) atoms. The quantitative estimate of drug-likeness (QED) is 0.852. The molecule has 2 amide bonds. The Labute approximate surface area is 107 Å². The van der Waals surface area contributed by atoms with Crippen LogP contribution in [0.15, 0.2) is 24.4 Å². The van der Waals surface area contributed by atoms with Crippen molar-refractivity contribution in [3.63, 3.8) is 0 Å². The summed E-state index contributed by atoms with van der Waals surface area (Å²) in [5, 5.41) is 5.67. The van der Waals surface area contributed by atoms with Gasteiger partial charge in [-0.1, -0.05) is 6.07 Å². The third kappa shape index (κ3) is 3.70. The summed E-state index contributed by atoms with van der Waals surface area (Å²) in [6, 6.07) is 5.38. The van der Waals surface area contributed by atoms with Gasteiger partial charge in [-0.3, -0.25) is 4.98 Å². The molecule has 2 rings (SSSR count). The average Bonchev–Trinajstić information content (AvgIpc) is 2.90. The predicted octanol–water partition coefficient (Wildman–Crippen LogP) is 1.62. The molecule has 1 fully saturated rings. The number of amides is 2. The highest BCUT2D eigenvalue weighted by Gasteiger charge is 2.17. The van der Waals surface area contributed by atoms with Crippen LogP contribution in [0, 0.1) is 0 Å². The van der Waals surface area contributed by atoms with Crippen LogP contribution < -0.4 is 10.6 Å². The SMILES string of the molecule is C[C@H](NC(=O)NC[C@H]1CCCO1)c1ccccn1. The maximum absolute atomic E-state index is 11.7. The van der Waals surface area contributed by atoms with Gasteiger partial charge < -0.3 is 15.4 Å². The molecule has 5 heteroatoms. The van der Waals surface area contributed by atoms with Gasteiger partial charge in [0.1, 0.15) is 0 Å². The molecule has 1 aromatic heterocycles. The number of nitrogens with zero attached hydrogens (tertiary/aromatic N) is 1. The highest BCUT2D eigenvalue weighted by Crippen LogP contribution is 2.11. The Hall–Kier alpha value is -1.62. The van der Waals surface area contributed by atoms with E-state index in [0.717, 1.165) is 25.1 Å². The van der Waals surface area contributed by atoms with E-state index in [1.807, 2.05) is 25.1 Å². The lowest BCUT2D eigenvalue weighted by atomic mass is 10.2. The van der Waals surface area contributed by atoms with Gasteiger partial charge in [-0.05, 0) is 31.9 Å². The molecule has 2 heterocycles. The molecule has 0 bridgehead atoms. The second-order valence-electron chi connectivity index (χ2n) is 4.47. The van der Waals surface area contributed by atoms with Gasteiger partial charge in [-0.2, -0.15) is 0 Å². The second-order valence-corrected chi connectivity index (χ2v) is 4.47. The molecular weight excluding hydrogens is 230 g/mol. The van der Waals surface area contributed by atoms with Gasteiger partial charge in [0, 0.05) is 19.3 Å². The van der Waals surface area contributed by atoms with E-state index < -0.39 is 0 Å². The van der Waals surface area contributed by atoms with E-state index in [9.17, 15) is 4.79 Å². The maximum Gasteiger partial charge on any atom is 0.315 e. The van der Waals surface area contributed by atoms with Crippen LogP contribution in [0.25, 0.3) is 0 Å². The molecule has 1 aliphatic rings. The fourth-order valence-corrected chi connectivity index (χ4v) is 1.97. The minimum Gasteiger partial charge on any atom is -0.376 e. The molecule has 1 saturated heterocycles. The lowest BCUT2D eigenvalue weighted by Crippen LogP contribution is -2.40. The molecule has 0 spiro atoms. The smallest absolute Gasteiger partial charge is 0.315 e. The molecule has 5 nitrogen and oxygen atoms in total. The standard InChI is InChI=1S/C13H19N3O2/c1-10(12-6-2-3-7-14-12)16-13(17)15-9-11-5-4-8-18-11/h2-3,6-7,10-11H,4-5,8-9H2,1H3,(H2,15,16,17)/t10-,11+/m0/s1. The van der Waals surface area contributed by atoms with Crippen molar-refractivity contribution in [2.45, 2.75) is 31.9 Å². The van der Waals surface area contributed by atoms with Gasteiger partial charge in [0.05, 0.1) is 17.8 Å². The molecule has 2 atom stereocenters. The van der Waals surface area contributed by atoms with E-state index in [1.165, 1.54) is 0 Å². The van der Waals surface area contributed by atoms with Gasteiger partial charge in [0.2, 0.25) is 0 Å². The van der Waals surface area contributed by atoms with Crippen LogP contribution in [-0.4, -0.2) is 30.3 Å². The molecule has 2 N–H and O–H groups in total. The number of carbonyl (C=O) groups excluding carboxylic acids is 1. The van der Waals surface area contributed by atoms with Crippen molar-refractivity contribution in [3.8, 4) is 0 Å². The number of hydrogen-bond acceptors (Lipinski definition) is 3. The first kappa shape index (κ1) is 12.8. The molecule has 0 aliphatic carbocycles. The minimum atomic E-state index is -0.177. The van der Waals surface area contributed by atoms with Crippen molar-refractivity contribution < 1.29 is 9.53 Å². The van der Waals surface area contributed by atoms with E-state index in [2.05, 4.69) is 15.6 Å². The first-order valence-corrected chi connectivity index (χ1v) is 6.32. The zero-order valence-corrected chi connectivity index (χ0v) is 10.6. The van der Waals surface area contributed by atoms with Crippen molar-refractivity contribution in [2.24, 2.45) is 0 Å². The molecule has 0 saturated carbocycles. The molecule has 1 aromatic rings. The summed E-state index contributed by atoms with van der Waals surface area (Å²) >= 11 is 0. The number of urea groups is 1. The first-order chi connectivity index (χ1) is 8.75. The van der Waals surface area contributed by atoms with Crippen molar-refractivity contribution >= 4 is 6.03 Å². The summed E-state index contributed by atoms with van der Waals surface area (Å²) in [6.45, 7) is 3.28. The Morgan fingerprint density at radius 1 is 1.61 bits per heavy atom. The van der Waals surface area contributed by atoms with Crippen LogP contribution in [0.4, 0.5) is 4.79 Å². The van der Waals surface area contributed by atoms with Crippen molar-refractivity contribution in [2.75, 3.05) is 13.2 Å². The van der Waals surface area contributed by atoms with E-state index in [0.29, 0.717) is 6.54 Å². The monoisotopic (exact) mass is 249 g/mol. The highest BCUT2D eigenvalue weighted by atomic mass is 16.5. The zero-order chi connectivity index (χ0) is 12.8. The fraction of sp³-hybridized carbons (Fsp3) is 0.538. The van der Waals surface area contributed by atoms with E-state index in [4.69, 9.17) is 4.74 Å². The van der Waals surface area contributed by atoms with Crippen LogP contribution in [0.3, 0.4) is 0 Å². The third-order valence-electron chi connectivity index (χ3n) is 2.99. The molecule has 0 aromatic carbocycles. The van der Waals surface area contributed by atoms with Crippen LogP contribution in [-0.2, 0) is 4.74 Å². The summed E-state index contributed by atoms with van der Waals surface area (Å²) in [5.41, 5.74) is 0.852. The molecule has 98 valence electrons. The van der Waals surface area contributed by atoms with Gasteiger partial charge in [-0.25, -0.2) is 4.79 Å². The second kappa shape index (κ2) is 6.35. The first-order valence-electron chi connectivity index (χ1n) is 6.32. The van der Waals surface area contributed by atoms with Crippen LogP contribution in [0.5, 0.6) is 0 Å². The molecule has 0 radical (unpaired) electrons. The minimum absolute atomic E-state index is 0.101. The predicted molar refractivity (Wildman–Crippen MR) is 68.2 cm³/mol. The van der Waals surface area contributed by atoms with Crippen molar-refractivity contribution in [3.05, 3.63) is 30.1 Å². The number of rotatable bonds is 4. The van der Waals surface area contributed by atoms with E-state index in [-0.39, 0.29) is 18.2 Å². The Morgan fingerprint density at radius 2 is 2.50 bits per heavy atom. The van der Waals surface area contributed by atoms with Crippen molar-refractivity contribution in [1.29, 1.82) is 0 Å². The molecule has 1 aliphatic heterocycles. The van der Waals surface area contributed by atoms with Gasteiger partial charge >= 0.3 is 6.03 Å². The largest absolute Gasteiger partial charge is 0.376 e. The number of ether oxygens (including phenoxy) is 1. The van der Waals surface area contributed by atoms with E-state index >= 15 is 0 Å². The van der Waals surface area contributed by atoms with E-state index in [1.54, 1.807) is 6.20 Å². The van der Waals surface area contributed by atoms with Gasteiger partial charge in [0.25, 0.3) is 0 Å². The van der Waals surface area contributed by atoms with Gasteiger partial charge in [0.15, 0.2) is 0 Å². The number of nitrogens with one attached hydrogen (secondary N) is 2. The average molecular weight is 249 g/mol. The Bertz CT molecular complexity index is 377. The summed E-state index contributed by atoms with van der Waals surface area (Å²) < 4.78 is 5.44. The summed E-state index contributed by atoms with van der Waals surface area (Å²) in [5.74, 6) is 0. The number of pyridine rings is 1. The summed E-state index contributed by atoms with van der Waals surface area (Å²) in [4.78, 5) is 15.9. The number of carbonyl (C=O) groups is 1. The normalized spacial score (nSPS) is 20.4. The third-order valence-corrected chi connectivity index (χ3v) is 2.99. The summed E-state index contributed by atoms with van der Waals surface area (Å²) in [6.07, 6.45) is 3.99. The van der Waals surface area contributed by atoms with Crippen molar-refractivity contribution in [1.82, 2.24) is 15.6 Å².